The maximum Gasteiger partial charge on any atom is 0.251 e. The molecular formula is C16H27NO3. The second kappa shape index (κ2) is 6.61. The summed E-state index contributed by atoms with van der Waals surface area (Å²) in [7, 11) is 0. The Kier molecular flexibility index (Phi) is 5.08. The average Bonchev–Trinajstić information content (AvgIpc) is 2.48. The van der Waals surface area contributed by atoms with Gasteiger partial charge in [-0.15, -0.1) is 0 Å². The zero-order valence-electron chi connectivity index (χ0n) is 12.7. The SMILES string of the molecule is CC1=C(C(=O)N[C@@](C)(CO)C2CCCCC2)CCCO1. The minimum Gasteiger partial charge on any atom is -0.498 e. The lowest BCUT2D eigenvalue weighted by Crippen LogP contribution is -2.55. The third-order valence-electron chi connectivity index (χ3n) is 4.82. The number of carbonyl (C=O) groups excluding carboxylic acids is 1. The van der Waals surface area contributed by atoms with Gasteiger partial charge in [-0.1, -0.05) is 19.3 Å². The van der Waals surface area contributed by atoms with Crippen molar-refractivity contribution in [1.82, 2.24) is 5.32 Å². The highest BCUT2D eigenvalue weighted by Crippen LogP contribution is 2.33. The number of hydrogen-bond donors (Lipinski definition) is 2. The van der Waals surface area contributed by atoms with Gasteiger partial charge in [0.05, 0.1) is 24.3 Å². The van der Waals surface area contributed by atoms with Crippen LogP contribution in [-0.2, 0) is 9.53 Å². The van der Waals surface area contributed by atoms with Crippen LogP contribution in [0.25, 0.3) is 0 Å². The lowest BCUT2D eigenvalue weighted by atomic mass is 9.76. The quantitative estimate of drug-likeness (QED) is 0.832. The fourth-order valence-corrected chi connectivity index (χ4v) is 3.36. The van der Waals surface area contributed by atoms with E-state index >= 15 is 0 Å². The molecule has 1 fully saturated rings. The van der Waals surface area contributed by atoms with Gasteiger partial charge in [0.15, 0.2) is 0 Å². The molecule has 0 aromatic carbocycles. The fraction of sp³-hybridized carbons (Fsp3) is 0.812. The fourth-order valence-electron chi connectivity index (χ4n) is 3.36. The molecule has 2 rings (SSSR count). The van der Waals surface area contributed by atoms with Crippen molar-refractivity contribution in [2.24, 2.45) is 5.92 Å². The molecular weight excluding hydrogens is 254 g/mol. The first-order valence-corrected chi connectivity index (χ1v) is 7.83. The van der Waals surface area contributed by atoms with E-state index in [-0.39, 0.29) is 12.5 Å². The molecule has 4 heteroatoms. The molecule has 0 aromatic heterocycles. The Bertz CT molecular complexity index is 385. The van der Waals surface area contributed by atoms with E-state index < -0.39 is 5.54 Å². The van der Waals surface area contributed by atoms with Gasteiger partial charge in [0, 0.05) is 0 Å². The first-order valence-electron chi connectivity index (χ1n) is 7.83. The van der Waals surface area contributed by atoms with E-state index in [4.69, 9.17) is 4.74 Å². The molecule has 0 spiro atoms. The minimum absolute atomic E-state index is 0.00338. The summed E-state index contributed by atoms with van der Waals surface area (Å²) in [6, 6.07) is 0. The molecule has 0 radical (unpaired) electrons. The van der Waals surface area contributed by atoms with Gasteiger partial charge in [0.25, 0.3) is 5.91 Å². The number of carbonyl (C=O) groups is 1. The monoisotopic (exact) mass is 281 g/mol. The molecule has 20 heavy (non-hydrogen) atoms. The summed E-state index contributed by atoms with van der Waals surface area (Å²) in [5.74, 6) is 1.04. The number of ether oxygens (including phenoxy) is 1. The molecule has 1 heterocycles. The predicted molar refractivity (Wildman–Crippen MR) is 78.1 cm³/mol. The molecule has 2 aliphatic rings. The van der Waals surface area contributed by atoms with Crippen LogP contribution in [0, 0.1) is 5.92 Å². The maximum absolute atomic E-state index is 12.5. The van der Waals surface area contributed by atoms with Crippen molar-refractivity contribution in [2.45, 2.75) is 64.3 Å². The van der Waals surface area contributed by atoms with E-state index in [1.54, 1.807) is 0 Å². The highest BCUT2D eigenvalue weighted by atomic mass is 16.5. The molecule has 2 N–H and O–H groups in total. The van der Waals surface area contributed by atoms with Crippen molar-refractivity contribution in [3.05, 3.63) is 11.3 Å². The summed E-state index contributed by atoms with van der Waals surface area (Å²) >= 11 is 0. The number of aliphatic hydroxyl groups excluding tert-OH is 1. The maximum atomic E-state index is 12.5. The number of allylic oxidation sites excluding steroid dienone is 1. The van der Waals surface area contributed by atoms with Crippen LogP contribution in [-0.4, -0.2) is 29.8 Å². The molecule has 1 atom stereocenters. The first-order chi connectivity index (χ1) is 9.57. The van der Waals surface area contributed by atoms with Crippen molar-refractivity contribution in [3.8, 4) is 0 Å². The molecule has 0 unspecified atom stereocenters. The van der Waals surface area contributed by atoms with Crippen molar-refractivity contribution in [2.75, 3.05) is 13.2 Å². The van der Waals surface area contributed by atoms with Crippen LogP contribution in [0.4, 0.5) is 0 Å². The normalized spacial score (nSPS) is 23.9. The third kappa shape index (κ3) is 3.35. The summed E-state index contributed by atoms with van der Waals surface area (Å²) in [5, 5.41) is 12.9. The van der Waals surface area contributed by atoms with Gasteiger partial charge in [0.2, 0.25) is 0 Å². The van der Waals surface area contributed by atoms with E-state index in [2.05, 4.69) is 5.32 Å². The molecule has 0 saturated heterocycles. The molecule has 114 valence electrons. The van der Waals surface area contributed by atoms with Crippen LogP contribution < -0.4 is 5.32 Å². The topological polar surface area (TPSA) is 58.6 Å². The Labute approximate surface area is 121 Å². The Balaban J connectivity index is 2.06. The molecule has 0 aromatic rings. The van der Waals surface area contributed by atoms with Gasteiger partial charge < -0.3 is 15.2 Å². The lowest BCUT2D eigenvalue weighted by molar-refractivity contribution is -0.121. The molecule has 4 nitrogen and oxygen atoms in total. The van der Waals surface area contributed by atoms with Gasteiger partial charge in [-0.2, -0.15) is 0 Å². The van der Waals surface area contributed by atoms with Crippen molar-refractivity contribution >= 4 is 5.91 Å². The van der Waals surface area contributed by atoms with Crippen LogP contribution in [0.2, 0.25) is 0 Å². The zero-order chi connectivity index (χ0) is 14.6. The van der Waals surface area contributed by atoms with Gasteiger partial charge in [-0.05, 0) is 45.4 Å². The second-order valence-corrected chi connectivity index (χ2v) is 6.35. The summed E-state index contributed by atoms with van der Waals surface area (Å²) in [4.78, 5) is 12.5. The Morgan fingerprint density at radius 3 is 2.65 bits per heavy atom. The second-order valence-electron chi connectivity index (χ2n) is 6.35. The largest absolute Gasteiger partial charge is 0.498 e. The van der Waals surface area contributed by atoms with Gasteiger partial charge in [-0.25, -0.2) is 0 Å². The van der Waals surface area contributed by atoms with E-state index in [9.17, 15) is 9.90 Å². The van der Waals surface area contributed by atoms with Crippen molar-refractivity contribution in [3.63, 3.8) is 0 Å². The van der Waals surface area contributed by atoms with Crippen LogP contribution in [0.1, 0.15) is 58.8 Å². The third-order valence-corrected chi connectivity index (χ3v) is 4.82. The summed E-state index contributed by atoms with van der Waals surface area (Å²) in [6.45, 7) is 4.52. The molecule has 1 saturated carbocycles. The number of rotatable bonds is 4. The van der Waals surface area contributed by atoms with Crippen molar-refractivity contribution < 1.29 is 14.6 Å². The number of nitrogens with one attached hydrogen (secondary N) is 1. The summed E-state index contributed by atoms with van der Waals surface area (Å²) in [5.41, 5.74) is 0.231. The van der Waals surface area contributed by atoms with Gasteiger partial charge in [0.1, 0.15) is 5.76 Å². The van der Waals surface area contributed by atoms with E-state index in [0.29, 0.717) is 12.5 Å². The number of aliphatic hydroxyl groups is 1. The standard InChI is InChI=1S/C16H27NO3/c1-12-14(9-6-10-20-12)15(19)17-16(2,11-18)13-7-4-3-5-8-13/h13,18H,3-11H2,1-2H3,(H,17,19)/t16-/m0/s1. The zero-order valence-corrected chi connectivity index (χ0v) is 12.7. The van der Waals surface area contributed by atoms with Crippen LogP contribution in [0.3, 0.4) is 0 Å². The summed E-state index contributed by atoms with van der Waals surface area (Å²) in [6.07, 6.45) is 7.49. The van der Waals surface area contributed by atoms with Gasteiger partial charge in [-0.3, -0.25) is 4.79 Å². The Hall–Kier alpha value is -1.03. The van der Waals surface area contributed by atoms with E-state index in [1.165, 1.54) is 19.3 Å². The highest BCUT2D eigenvalue weighted by molar-refractivity contribution is 5.94. The molecule has 1 amide bonds. The molecule has 0 bridgehead atoms. The first kappa shape index (κ1) is 15.4. The van der Waals surface area contributed by atoms with E-state index in [1.807, 2.05) is 13.8 Å². The lowest BCUT2D eigenvalue weighted by Gasteiger charge is -2.39. The predicted octanol–water partition coefficient (Wildman–Crippen LogP) is 2.52. The molecule has 1 aliphatic carbocycles. The van der Waals surface area contributed by atoms with E-state index in [0.717, 1.165) is 37.0 Å². The molecule has 1 aliphatic heterocycles. The smallest absolute Gasteiger partial charge is 0.251 e. The Morgan fingerprint density at radius 2 is 2.05 bits per heavy atom. The average molecular weight is 281 g/mol. The van der Waals surface area contributed by atoms with Gasteiger partial charge >= 0.3 is 0 Å². The van der Waals surface area contributed by atoms with Crippen LogP contribution >= 0.6 is 0 Å². The number of amides is 1. The van der Waals surface area contributed by atoms with Crippen LogP contribution in [0.15, 0.2) is 11.3 Å². The number of hydrogen-bond acceptors (Lipinski definition) is 3. The minimum atomic E-state index is -0.512. The Morgan fingerprint density at radius 1 is 1.35 bits per heavy atom. The summed E-state index contributed by atoms with van der Waals surface area (Å²) < 4.78 is 5.46. The highest BCUT2D eigenvalue weighted by Gasteiger charge is 2.36. The van der Waals surface area contributed by atoms with Crippen LogP contribution in [0.5, 0.6) is 0 Å². The van der Waals surface area contributed by atoms with Crippen molar-refractivity contribution in [1.29, 1.82) is 0 Å².